The smallest absolute Gasteiger partial charge is 0.339 e. The number of nitrogens with one attached hydrogen (secondary N) is 1. The van der Waals surface area contributed by atoms with Gasteiger partial charge in [0.15, 0.2) is 11.5 Å². The Balaban J connectivity index is 1.77. The van der Waals surface area contributed by atoms with Crippen LogP contribution in [0.15, 0.2) is 78.2 Å². The standard InChI is InChI=1S/C26H20ClN3O4S/c1-3-6-18-13-17(14-19(16-28)26-29-22-7-4-5-8-23(22)30-26)15-24(33-2)25(18)34-35(31,32)21-11-9-20(27)10-12-21/h3-5,7-15H,1,6H2,2H3,(H,29,30)/b19-14+. The highest BCUT2D eigenvalue weighted by molar-refractivity contribution is 7.87. The Hall–Kier alpha value is -4.06. The van der Waals surface area contributed by atoms with E-state index < -0.39 is 10.1 Å². The van der Waals surface area contributed by atoms with E-state index in [1.165, 1.54) is 31.4 Å². The second kappa shape index (κ2) is 10.1. The number of ether oxygens (including phenoxy) is 1. The molecule has 0 aliphatic heterocycles. The van der Waals surface area contributed by atoms with E-state index in [2.05, 4.69) is 22.6 Å². The zero-order valence-corrected chi connectivity index (χ0v) is 20.2. The van der Waals surface area contributed by atoms with E-state index in [0.717, 1.165) is 11.0 Å². The van der Waals surface area contributed by atoms with Gasteiger partial charge in [0, 0.05) is 10.6 Å². The number of rotatable bonds is 8. The van der Waals surface area contributed by atoms with Crippen LogP contribution in [-0.4, -0.2) is 25.5 Å². The first kappa shape index (κ1) is 24.1. The minimum absolute atomic E-state index is 0.0433. The minimum atomic E-state index is -4.16. The number of aromatic nitrogens is 2. The predicted octanol–water partition coefficient (Wildman–Crippen LogP) is 5.79. The van der Waals surface area contributed by atoms with Crippen LogP contribution < -0.4 is 8.92 Å². The Morgan fingerprint density at radius 2 is 1.94 bits per heavy atom. The fourth-order valence-electron chi connectivity index (χ4n) is 3.48. The number of hydrogen-bond acceptors (Lipinski definition) is 6. The summed E-state index contributed by atoms with van der Waals surface area (Å²) >= 11 is 5.87. The second-order valence-corrected chi connectivity index (χ2v) is 9.45. The molecule has 0 aliphatic rings. The van der Waals surface area contributed by atoms with Crippen molar-refractivity contribution in [1.29, 1.82) is 5.26 Å². The van der Waals surface area contributed by atoms with Gasteiger partial charge >= 0.3 is 10.1 Å². The molecular weight excluding hydrogens is 486 g/mol. The van der Waals surface area contributed by atoms with Crippen molar-refractivity contribution in [1.82, 2.24) is 9.97 Å². The number of para-hydroxylation sites is 2. The van der Waals surface area contributed by atoms with Crippen LogP contribution in [0.1, 0.15) is 17.0 Å². The van der Waals surface area contributed by atoms with Gasteiger partial charge in [-0.05, 0) is 66.6 Å². The highest BCUT2D eigenvalue weighted by Gasteiger charge is 2.22. The highest BCUT2D eigenvalue weighted by atomic mass is 35.5. The summed E-state index contributed by atoms with van der Waals surface area (Å²) in [6.45, 7) is 3.75. The van der Waals surface area contributed by atoms with Crippen molar-refractivity contribution in [3.63, 3.8) is 0 Å². The normalized spacial score (nSPS) is 11.7. The number of hydrogen-bond donors (Lipinski definition) is 1. The topological polar surface area (TPSA) is 105 Å². The number of benzene rings is 3. The molecule has 176 valence electrons. The maximum Gasteiger partial charge on any atom is 0.339 e. The van der Waals surface area contributed by atoms with Gasteiger partial charge in [-0.15, -0.1) is 6.58 Å². The van der Waals surface area contributed by atoms with Crippen LogP contribution in [-0.2, 0) is 16.5 Å². The fraction of sp³-hybridized carbons (Fsp3) is 0.0769. The third kappa shape index (κ3) is 5.22. The first-order valence-corrected chi connectivity index (χ1v) is 12.2. The van der Waals surface area contributed by atoms with Gasteiger partial charge in [-0.2, -0.15) is 13.7 Å². The summed E-state index contributed by atoms with van der Waals surface area (Å²) in [5, 5.41) is 10.2. The molecule has 35 heavy (non-hydrogen) atoms. The van der Waals surface area contributed by atoms with Gasteiger partial charge in [-0.3, -0.25) is 0 Å². The number of H-pyrrole nitrogens is 1. The third-order valence-electron chi connectivity index (χ3n) is 5.11. The van der Waals surface area contributed by atoms with Crippen molar-refractivity contribution in [3.05, 3.63) is 95.3 Å². The van der Waals surface area contributed by atoms with Crippen LogP contribution >= 0.6 is 11.6 Å². The molecule has 1 heterocycles. The lowest BCUT2D eigenvalue weighted by Gasteiger charge is -2.15. The SMILES string of the molecule is C=CCc1cc(/C=C(\C#N)c2nc3ccccc3[nH]2)cc(OC)c1OS(=O)(=O)c1ccc(Cl)cc1. The van der Waals surface area contributed by atoms with Crippen LogP contribution in [0.4, 0.5) is 0 Å². The van der Waals surface area contributed by atoms with Crippen LogP contribution in [0.2, 0.25) is 5.02 Å². The summed E-state index contributed by atoms with van der Waals surface area (Å²) in [7, 11) is -2.75. The lowest BCUT2D eigenvalue weighted by Crippen LogP contribution is -2.12. The van der Waals surface area contributed by atoms with Gasteiger partial charge in [-0.25, -0.2) is 4.98 Å². The molecule has 0 atom stereocenters. The van der Waals surface area contributed by atoms with Gasteiger partial charge in [0.25, 0.3) is 0 Å². The molecule has 0 amide bonds. The molecule has 1 aromatic heterocycles. The van der Waals surface area contributed by atoms with Crippen molar-refractivity contribution in [2.75, 3.05) is 7.11 Å². The molecule has 3 aromatic carbocycles. The number of nitrogens with zero attached hydrogens (tertiary/aromatic N) is 2. The monoisotopic (exact) mass is 505 g/mol. The molecule has 1 N–H and O–H groups in total. The predicted molar refractivity (Wildman–Crippen MR) is 136 cm³/mol. The molecule has 0 saturated heterocycles. The summed E-state index contributed by atoms with van der Waals surface area (Å²) in [5.74, 6) is 0.653. The van der Waals surface area contributed by atoms with Crippen LogP contribution in [0.5, 0.6) is 11.5 Å². The number of fused-ring (bicyclic) bond motifs is 1. The first-order chi connectivity index (χ1) is 16.8. The average Bonchev–Trinajstić information content (AvgIpc) is 3.28. The lowest BCUT2D eigenvalue weighted by atomic mass is 10.0. The number of allylic oxidation sites excluding steroid dienone is 2. The quantitative estimate of drug-likeness (QED) is 0.185. The van der Waals surface area contributed by atoms with Gasteiger partial charge in [-0.1, -0.05) is 29.8 Å². The Morgan fingerprint density at radius 1 is 1.20 bits per heavy atom. The number of methoxy groups -OCH3 is 1. The van der Waals surface area contributed by atoms with Crippen LogP contribution in [0.3, 0.4) is 0 Å². The molecule has 0 radical (unpaired) electrons. The van der Waals surface area contributed by atoms with Crippen LogP contribution in [0.25, 0.3) is 22.7 Å². The van der Waals surface area contributed by atoms with Crippen molar-refractivity contribution >= 4 is 44.4 Å². The fourth-order valence-corrected chi connectivity index (χ4v) is 4.58. The van der Waals surface area contributed by atoms with E-state index in [-0.39, 0.29) is 16.4 Å². The number of nitriles is 1. The zero-order chi connectivity index (χ0) is 25.0. The van der Waals surface area contributed by atoms with E-state index >= 15 is 0 Å². The summed E-state index contributed by atoms with van der Waals surface area (Å²) < 4.78 is 36.8. The second-order valence-electron chi connectivity index (χ2n) is 7.47. The zero-order valence-electron chi connectivity index (χ0n) is 18.7. The van der Waals surface area contributed by atoms with E-state index in [0.29, 0.717) is 34.0 Å². The van der Waals surface area contributed by atoms with Crippen molar-refractivity contribution in [2.45, 2.75) is 11.3 Å². The molecule has 0 unspecified atom stereocenters. The molecule has 4 rings (SSSR count). The van der Waals surface area contributed by atoms with E-state index in [9.17, 15) is 13.7 Å². The maximum absolute atomic E-state index is 12.9. The van der Waals surface area contributed by atoms with Gasteiger partial charge in [0.05, 0.1) is 23.7 Å². The van der Waals surface area contributed by atoms with E-state index in [1.807, 2.05) is 24.3 Å². The molecule has 9 heteroatoms. The number of imidazole rings is 1. The van der Waals surface area contributed by atoms with Gasteiger partial charge in [0.1, 0.15) is 16.8 Å². The molecule has 0 bridgehead atoms. The lowest BCUT2D eigenvalue weighted by molar-refractivity contribution is 0.389. The molecule has 7 nitrogen and oxygen atoms in total. The van der Waals surface area contributed by atoms with Crippen molar-refractivity contribution in [3.8, 4) is 17.6 Å². The molecule has 4 aromatic rings. The molecule has 0 aliphatic carbocycles. The molecule has 0 fully saturated rings. The Bertz CT molecular complexity index is 1550. The molecule has 0 spiro atoms. The van der Waals surface area contributed by atoms with Crippen molar-refractivity contribution in [2.24, 2.45) is 0 Å². The highest BCUT2D eigenvalue weighted by Crippen LogP contribution is 2.37. The van der Waals surface area contributed by atoms with Crippen LogP contribution in [0, 0.1) is 11.3 Å². The maximum atomic E-state index is 12.9. The number of halogens is 1. The summed E-state index contributed by atoms with van der Waals surface area (Å²) in [4.78, 5) is 7.57. The Morgan fingerprint density at radius 3 is 2.60 bits per heavy atom. The summed E-state index contributed by atoms with van der Waals surface area (Å²) in [6, 6.07) is 18.6. The minimum Gasteiger partial charge on any atom is -0.493 e. The third-order valence-corrected chi connectivity index (χ3v) is 6.60. The summed E-state index contributed by atoms with van der Waals surface area (Å²) in [5.41, 5.74) is 2.97. The van der Waals surface area contributed by atoms with Crippen molar-refractivity contribution < 1.29 is 17.3 Å². The summed E-state index contributed by atoms with van der Waals surface area (Å²) in [6.07, 6.45) is 3.56. The Kier molecular flexibility index (Phi) is 6.92. The molecular formula is C26H20ClN3O4S. The van der Waals surface area contributed by atoms with E-state index in [1.54, 1.807) is 24.3 Å². The Labute approximate surface area is 208 Å². The average molecular weight is 506 g/mol. The van der Waals surface area contributed by atoms with Gasteiger partial charge < -0.3 is 13.9 Å². The number of aromatic amines is 1. The van der Waals surface area contributed by atoms with E-state index in [4.69, 9.17) is 20.5 Å². The first-order valence-electron chi connectivity index (χ1n) is 10.4. The van der Waals surface area contributed by atoms with Gasteiger partial charge in [0.2, 0.25) is 0 Å². The molecule has 0 saturated carbocycles. The largest absolute Gasteiger partial charge is 0.493 e.